The Balaban J connectivity index is 2.06. The molecule has 0 saturated carbocycles. The van der Waals surface area contributed by atoms with E-state index in [1.165, 1.54) is 0 Å². The molecule has 1 atom stereocenters. The Morgan fingerprint density at radius 1 is 1.42 bits per heavy atom. The van der Waals surface area contributed by atoms with Crippen molar-refractivity contribution in [2.24, 2.45) is 0 Å². The molecule has 3 heterocycles. The fourth-order valence-electron chi connectivity index (χ4n) is 2.32. The van der Waals surface area contributed by atoms with Crippen molar-refractivity contribution in [2.45, 2.75) is 26.3 Å². The summed E-state index contributed by atoms with van der Waals surface area (Å²) in [5.74, 6) is 0.955. The number of aromatic amines is 1. The third kappa shape index (κ3) is 2.21. The van der Waals surface area contributed by atoms with Crippen LogP contribution in [0.15, 0.2) is 34.9 Å². The van der Waals surface area contributed by atoms with Gasteiger partial charge < -0.3 is 9.40 Å². The molecule has 1 unspecified atom stereocenters. The molecule has 3 rings (SSSR count). The number of fused-ring (bicyclic) bond motifs is 1. The first-order valence-corrected chi connectivity index (χ1v) is 6.66. The highest BCUT2D eigenvalue weighted by molar-refractivity contribution is 7.71. The number of imidazole rings is 1. The molecule has 0 saturated heterocycles. The number of nitrogens with zero attached hydrogens (tertiary/aromatic N) is 2. The second-order valence-electron chi connectivity index (χ2n) is 4.76. The molecule has 0 radical (unpaired) electrons. The largest absolute Gasteiger partial charge is 0.469 e. The average Bonchev–Trinajstić information content (AvgIpc) is 2.95. The normalized spacial score (nSPS) is 12.9. The molecule has 5 heteroatoms. The van der Waals surface area contributed by atoms with Crippen molar-refractivity contribution >= 4 is 23.4 Å². The van der Waals surface area contributed by atoms with E-state index >= 15 is 0 Å². The first-order chi connectivity index (χ1) is 9.15. The molecule has 98 valence electrons. The van der Waals surface area contributed by atoms with Crippen molar-refractivity contribution in [1.29, 1.82) is 0 Å². The number of hydrogen-bond acceptors (Lipinski definition) is 3. The van der Waals surface area contributed by atoms with Gasteiger partial charge in [0.25, 0.3) is 0 Å². The number of H-pyrrole nitrogens is 1. The highest BCUT2D eigenvalue weighted by Gasteiger charge is 2.14. The highest BCUT2D eigenvalue weighted by atomic mass is 32.1. The molecule has 0 amide bonds. The van der Waals surface area contributed by atoms with Crippen LogP contribution in [0.25, 0.3) is 11.2 Å². The van der Waals surface area contributed by atoms with Gasteiger partial charge in [-0.25, -0.2) is 4.98 Å². The van der Waals surface area contributed by atoms with E-state index in [1.54, 1.807) is 6.26 Å². The van der Waals surface area contributed by atoms with Gasteiger partial charge in [-0.15, -0.1) is 0 Å². The van der Waals surface area contributed by atoms with Gasteiger partial charge in [0.05, 0.1) is 11.8 Å². The van der Waals surface area contributed by atoms with Crippen LogP contribution < -0.4 is 0 Å². The summed E-state index contributed by atoms with van der Waals surface area (Å²) in [6.07, 6.45) is 2.49. The third-order valence-corrected chi connectivity index (χ3v) is 3.52. The van der Waals surface area contributed by atoms with Crippen molar-refractivity contribution in [3.05, 3.63) is 46.8 Å². The lowest BCUT2D eigenvalue weighted by atomic mass is 10.2. The maximum Gasteiger partial charge on any atom is 0.179 e. The predicted octanol–water partition coefficient (Wildman–Crippen LogP) is 3.80. The summed E-state index contributed by atoms with van der Waals surface area (Å²) in [4.78, 5) is 7.78. The van der Waals surface area contributed by atoms with Crippen LogP contribution in [0.2, 0.25) is 0 Å². The predicted molar refractivity (Wildman–Crippen MR) is 76.8 cm³/mol. The molecule has 0 aliphatic heterocycles. The number of aryl methyl sites for hydroxylation is 1. The minimum Gasteiger partial charge on any atom is -0.469 e. The van der Waals surface area contributed by atoms with Crippen LogP contribution in [0.4, 0.5) is 0 Å². The Labute approximate surface area is 116 Å². The Kier molecular flexibility index (Phi) is 2.98. The summed E-state index contributed by atoms with van der Waals surface area (Å²) in [5.41, 5.74) is 2.87. The van der Waals surface area contributed by atoms with E-state index in [0.717, 1.165) is 29.0 Å². The van der Waals surface area contributed by atoms with Gasteiger partial charge in [-0.2, -0.15) is 0 Å². The molecule has 0 aliphatic rings. The number of pyridine rings is 1. The third-order valence-electron chi connectivity index (χ3n) is 3.22. The standard InChI is InChI=1S/C14H15N3OS/c1-9-5-6-12-13(15-9)17(14(19)16-12)10(2)8-11-4-3-7-18-11/h3-7,10H,8H2,1-2H3,(H,16,19). The van der Waals surface area contributed by atoms with Gasteiger partial charge in [-0.1, -0.05) is 0 Å². The van der Waals surface area contributed by atoms with Crippen LogP contribution in [-0.2, 0) is 6.42 Å². The minimum absolute atomic E-state index is 0.196. The first-order valence-electron chi connectivity index (χ1n) is 6.25. The zero-order valence-electron chi connectivity index (χ0n) is 10.9. The second-order valence-corrected chi connectivity index (χ2v) is 5.14. The molecular formula is C14H15N3OS. The van der Waals surface area contributed by atoms with Gasteiger partial charge in [-0.05, 0) is 50.3 Å². The average molecular weight is 273 g/mol. The molecule has 3 aromatic heterocycles. The second kappa shape index (κ2) is 4.66. The van der Waals surface area contributed by atoms with Crippen LogP contribution in [-0.4, -0.2) is 14.5 Å². The van der Waals surface area contributed by atoms with Crippen LogP contribution in [0.5, 0.6) is 0 Å². The number of rotatable bonds is 3. The molecule has 0 aliphatic carbocycles. The molecule has 19 heavy (non-hydrogen) atoms. The van der Waals surface area contributed by atoms with Gasteiger partial charge in [0.2, 0.25) is 0 Å². The summed E-state index contributed by atoms with van der Waals surface area (Å²) in [7, 11) is 0. The number of hydrogen-bond donors (Lipinski definition) is 1. The lowest BCUT2D eigenvalue weighted by molar-refractivity contribution is 0.451. The summed E-state index contributed by atoms with van der Waals surface area (Å²) in [6.45, 7) is 4.10. The van der Waals surface area contributed by atoms with Crippen LogP contribution >= 0.6 is 12.2 Å². The van der Waals surface area contributed by atoms with E-state index in [1.807, 2.05) is 31.2 Å². The van der Waals surface area contributed by atoms with E-state index < -0.39 is 0 Å². The van der Waals surface area contributed by atoms with Gasteiger partial charge in [0.1, 0.15) is 5.76 Å². The van der Waals surface area contributed by atoms with E-state index in [2.05, 4.69) is 21.5 Å². The van der Waals surface area contributed by atoms with E-state index in [-0.39, 0.29) is 6.04 Å². The minimum atomic E-state index is 0.196. The van der Waals surface area contributed by atoms with Gasteiger partial charge in [0.15, 0.2) is 10.4 Å². The maximum atomic E-state index is 5.40. The molecule has 1 N–H and O–H groups in total. The number of nitrogens with one attached hydrogen (secondary N) is 1. The van der Waals surface area contributed by atoms with E-state index in [0.29, 0.717) is 4.77 Å². The number of aromatic nitrogens is 3. The Bertz CT molecular complexity index is 755. The van der Waals surface area contributed by atoms with Gasteiger partial charge in [0, 0.05) is 18.2 Å². The lowest BCUT2D eigenvalue weighted by Gasteiger charge is -2.12. The lowest BCUT2D eigenvalue weighted by Crippen LogP contribution is -2.09. The van der Waals surface area contributed by atoms with Gasteiger partial charge >= 0.3 is 0 Å². The zero-order chi connectivity index (χ0) is 13.4. The van der Waals surface area contributed by atoms with Crippen molar-refractivity contribution in [3.8, 4) is 0 Å². The molecule has 0 bridgehead atoms. The Morgan fingerprint density at radius 2 is 2.26 bits per heavy atom. The van der Waals surface area contributed by atoms with E-state index in [4.69, 9.17) is 16.6 Å². The fraction of sp³-hybridized carbons (Fsp3) is 0.286. The summed E-state index contributed by atoms with van der Waals surface area (Å²) in [5, 5.41) is 0. The first kappa shape index (κ1) is 12.2. The van der Waals surface area contributed by atoms with Crippen LogP contribution in [0, 0.1) is 11.7 Å². The quantitative estimate of drug-likeness (QED) is 0.738. The van der Waals surface area contributed by atoms with Crippen LogP contribution in [0.3, 0.4) is 0 Å². The molecule has 0 spiro atoms. The van der Waals surface area contributed by atoms with E-state index in [9.17, 15) is 0 Å². The van der Waals surface area contributed by atoms with Gasteiger partial charge in [-0.3, -0.25) is 4.57 Å². The summed E-state index contributed by atoms with van der Waals surface area (Å²) in [6, 6.07) is 8.08. The summed E-state index contributed by atoms with van der Waals surface area (Å²) < 4.78 is 8.16. The summed E-state index contributed by atoms with van der Waals surface area (Å²) >= 11 is 5.40. The molecule has 0 aromatic carbocycles. The smallest absolute Gasteiger partial charge is 0.179 e. The molecular weight excluding hydrogens is 258 g/mol. The SMILES string of the molecule is Cc1ccc2[nH]c(=S)n(C(C)Cc3ccco3)c2n1. The molecule has 0 fully saturated rings. The fourth-order valence-corrected chi connectivity index (χ4v) is 2.69. The monoisotopic (exact) mass is 273 g/mol. The maximum absolute atomic E-state index is 5.40. The van der Waals surface area contributed by atoms with Crippen molar-refractivity contribution in [2.75, 3.05) is 0 Å². The topological polar surface area (TPSA) is 46.8 Å². The molecule has 3 aromatic rings. The van der Waals surface area contributed by atoms with Crippen LogP contribution in [0.1, 0.15) is 24.4 Å². The Hall–Kier alpha value is -1.88. The zero-order valence-corrected chi connectivity index (χ0v) is 11.7. The molecule has 4 nitrogen and oxygen atoms in total. The van der Waals surface area contributed by atoms with Crippen molar-refractivity contribution in [3.63, 3.8) is 0 Å². The van der Waals surface area contributed by atoms with Crippen molar-refractivity contribution < 1.29 is 4.42 Å². The number of furan rings is 1. The highest BCUT2D eigenvalue weighted by Crippen LogP contribution is 2.21. The van der Waals surface area contributed by atoms with Crippen molar-refractivity contribution in [1.82, 2.24) is 14.5 Å². The Morgan fingerprint density at radius 3 is 3.00 bits per heavy atom.